The normalized spacial score (nSPS) is 32.3. The Bertz CT molecular complexity index is 1950. The summed E-state index contributed by atoms with van der Waals surface area (Å²) in [6.45, 7) is 5.60. The molecule has 2 rings (SSSR count). The second-order valence-electron chi connectivity index (χ2n) is 18.2. The smallest absolute Gasteiger partial charge is 0.311 e. The average molecular weight is 966 g/mol. The van der Waals surface area contributed by atoms with Crippen LogP contribution in [0.25, 0.3) is 0 Å². The molecule has 0 amide bonds. The molecule has 16 heteroatoms. The monoisotopic (exact) mass is 966 g/mol. The molecule has 0 saturated heterocycles. The molecule has 1 aliphatic heterocycles. The van der Waals surface area contributed by atoms with Crippen LogP contribution in [0.3, 0.4) is 0 Å². The number of aliphatic hydroxyl groups is 8. The number of aliphatic hydroxyl groups excluding tert-OH is 8. The van der Waals surface area contributed by atoms with E-state index in [1.807, 2.05) is 32.9 Å². The molecular weight excluding hydrogens is 891 g/mol. The third-order valence-electron chi connectivity index (χ3n) is 11.8. The Labute approximate surface area is 405 Å². The number of carboxylic acid groups (broad SMARTS) is 1. The molecule has 0 bridgehead atoms. The first-order valence-corrected chi connectivity index (χ1v) is 23.6. The van der Waals surface area contributed by atoms with E-state index in [1.165, 1.54) is 12.2 Å². The number of ether oxygens (including phenoxy) is 1. The number of cyclic esters (lactones) is 1. The lowest BCUT2D eigenvalue weighted by Crippen LogP contribution is -2.41. The molecule has 1 heterocycles. The largest absolute Gasteiger partial charge is 0.481 e. The van der Waals surface area contributed by atoms with Gasteiger partial charge < -0.3 is 56.4 Å². The van der Waals surface area contributed by atoms with Crippen LogP contribution in [-0.4, -0.2) is 130 Å². The summed E-state index contributed by atoms with van der Waals surface area (Å²) in [6, 6.07) is 6.46. The van der Waals surface area contributed by atoms with Gasteiger partial charge in [0.25, 0.3) is 0 Å². The molecule has 69 heavy (non-hydrogen) atoms. The molecule has 0 aromatic heterocycles. The Hall–Kier alpha value is -5.17. The van der Waals surface area contributed by atoms with E-state index in [2.05, 4.69) is 0 Å². The van der Waals surface area contributed by atoms with Crippen LogP contribution in [0.4, 0.5) is 5.69 Å². The summed E-state index contributed by atoms with van der Waals surface area (Å²) in [5, 5.41) is 94.2. The van der Waals surface area contributed by atoms with Crippen LogP contribution in [0.2, 0.25) is 0 Å². The van der Waals surface area contributed by atoms with Gasteiger partial charge >= 0.3 is 11.9 Å². The van der Waals surface area contributed by atoms with Gasteiger partial charge in [-0.05, 0) is 68.2 Å². The van der Waals surface area contributed by atoms with Crippen molar-refractivity contribution in [1.29, 1.82) is 0 Å². The van der Waals surface area contributed by atoms with Crippen LogP contribution >= 0.6 is 0 Å². The van der Waals surface area contributed by atoms with E-state index >= 15 is 0 Å². The third kappa shape index (κ3) is 25.3. The van der Waals surface area contributed by atoms with Crippen LogP contribution in [-0.2, 0) is 23.9 Å². The number of aliphatic carboxylic acids is 1. The van der Waals surface area contributed by atoms with Crippen LogP contribution in [0.1, 0.15) is 108 Å². The maximum absolute atomic E-state index is 13.3. The molecule has 0 radical (unpaired) electrons. The van der Waals surface area contributed by atoms with Crippen LogP contribution in [0.5, 0.6) is 0 Å². The summed E-state index contributed by atoms with van der Waals surface area (Å²) in [5.41, 5.74) is 6.70. The number of carbonyl (C=O) groups is 5. The summed E-state index contributed by atoms with van der Waals surface area (Å²) in [7, 11) is 0. The highest BCUT2D eigenvalue weighted by molar-refractivity contribution is 5.96. The van der Waals surface area contributed by atoms with Gasteiger partial charge in [-0.1, -0.05) is 106 Å². The lowest BCUT2D eigenvalue weighted by atomic mass is 9.83. The molecule has 382 valence electrons. The maximum Gasteiger partial charge on any atom is 0.311 e. The number of carbonyl (C=O) groups excluding carboxylic acids is 4. The molecule has 1 aliphatic rings. The number of nitrogens with two attached hydrogens (primary N) is 1. The van der Waals surface area contributed by atoms with E-state index < -0.39 is 97.8 Å². The standard InChI is InChI=1S/C53H75NO15/c1-34-17-14-12-10-8-6-4-5-7-9-11-13-15-18-40(56)30-48(64)51(53(67)68)49(65)31-45(61)29-44(60)28-43(59)27-42(58)26-39(55)19-16-20-41(57)32-50(66)69-52(34)36(3)25-35(2)46(62)33-47(63)37-21-23-38(54)24-22-37/h4-15,17-18,21-24,34-36,40-44,46,48-49,51-52,56-60,62,64-65H,16,19-20,25-33,54H2,1-3H3,(H,67,68)/b5-4+,8-6+,9-7+,12-10+,13-11+,17-14+,18-15+/t34-,35+,36-,40+,41-,42+,43+,44+,46+,48-,49-,51+,52+/m0/s1. The molecule has 1 aromatic carbocycles. The number of allylic oxidation sites excluding steroid dienone is 12. The average Bonchev–Trinajstić information content (AvgIpc) is 3.24. The van der Waals surface area contributed by atoms with Crippen molar-refractivity contribution in [2.75, 3.05) is 5.73 Å². The second kappa shape index (κ2) is 32.6. The second-order valence-corrected chi connectivity index (χ2v) is 18.2. The molecule has 1 aromatic rings. The quantitative estimate of drug-likeness (QED) is 0.0968. The zero-order valence-electron chi connectivity index (χ0n) is 39.9. The van der Waals surface area contributed by atoms with E-state index in [1.54, 1.807) is 85.0 Å². The first kappa shape index (κ1) is 60.0. The Morgan fingerprint density at radius 1 is 0.667 bits per heavy atom. The Balaban J connectivity index is 2.22. The molecule has 0 unspecified atom stereocenters. The highest BCUT2D eigenvalue weighted by Crippen LogP contribution is 2.28. The summed E-state index contributed by atoms with van der Waals surface area (Å²) < 4.78 is 5.98. The van der Waals surface area contributed by atoms with Gasteiger partial charge in [0.2, 0.25) is 0 Å². The summed E-state index contributed by atoms with van der Waals surface area (Å²) >= 11 is 0. The highest BCUT2D eigenvalue weighted by Gasteiger charge is 2.36. The van der Waals surface area contributed by atoms with Gasteiger partial charge in [-0.25, -0.2) is 0 Å². The lowest BCUT2D eigenvalue weighted by Gasteiger charge is -2.31. The van der Waals surface area contributed by atoms with Crippen molar-refractivity contribution in [3.63, 3.8) is 0 Å². The van der Waals surface area contributed by atoms with Crippen molar-refractivity contribution < 1.29 is 74.7 Å². The number of carboxylic acids is 1. The van der Waals surface area contributed by atoms with Crippen LogP contribution in [0.15, 0.2) is 109 Å². The van der Waals surface area contributed by atoms with Crippen molar-refractivity contribution >= 4 is 35.0 Å². The fraction of sp³-hybridized carbons (Fsp3) is 0.528. The number of benzene rings is 1. The number of hydrogen-bond donors (Lipinski definition) is 10. The summed E-state index contributed by atoms with van der Waals surface area (Å²) in [6.07, 6.45) is 9.62. The first-order valence-electron chi connectivity index (χ1n) is 23.6. The van der Waals surface area contributed by atoms with Gasteiger partial charge in [0, 0.05) is 55.7 Å². The molecule has 11 N–H and O–H groups in total. The molecule has 0 aliphatic carbocycles. The number of esters is 1. The lowest BCUT2D eigenvalue weighted by molar-refractivity contribution is -0.157. The first-order chi connectivity index (χ1) is 32.7. The Morgan fingerprint density at radius 2 is 1.19 bits per heavy atom. The Kier molecular flexibility index (Phi) is 28.3. The topological polar surface area (TPSA) is 303 Å². The molecule has 0 spiro atoms. The highest BCUT2D eigenvalue weighted by atomic mass is 16.5. The van der Waals surface area contributed by atoms with Gasteiger partial charge in [-0.2, -0.15) is 0 Å². The minimum Gasteiger partial charge on any atom is -0.481 e. The SMILES string of the molecule is C[C@H](C[C@H](C)[C@@H]1OC(=O)C[C@@H](O)CCCC(=O)C[C@@H](O)C[C@@H](O)C[C@@H](O)CC(=O)C[C@H](O)[C@H](C(=O)O)[C@@H](O)C[C@H](O)/C=C/C=C/C=C/C=C/C=C/C=C/C=C/[C@@H]1C)[C@H](O)CC(=O)c1ccc(N)cc1. The minimum atomic E-state index is -1.85. The fourth-order valence-electron chi connectivity index (χ4n) is 8.03. The van der Waals surface area contributed by atoms with Crippen molar-refractivity contribution in [3.8, 4) is 0 Å². The maximum atomic E-state index is 13.3. The van der Waals surface area contributed by atoms with E-state index in [9.17, 15) is 69.9 Å². The van der Waals surface area contributed by atoms with Gasteiger partial charge in [0.15, 0.2) is 5.78 Å². The number of nitrogen functional groups attached to an aromatic ring is 1. The van der Waals surface area contributed by atoms with E-state index in [0.717, 1.165) is 0 Å². The fourth-order valence-corrected chi connectivity index (χ4v) is 8.03. The predicted octanol–water partition coefficient (Wildman–Crippen LogP) is 4.59. The number of rotatable bonds is 8. The third-order valence-corrected chi connectivity index (χ3v) is 11.8. The van der Waals surface area contributed by atoms with Crippen LogP contribution < -0.4 is 5.73 Å². The molecule has 0 fully saturated rings. The van der Waals surface area contributed by atoms with E-state index in [-0.39, 0.29) is 80.7 Å². The van der Waals surface area contributed by atoms with Crippen molar-refractivity contribution in [3.05, 3.63) is 115 Å². The van der Waals surface area contributed by atoms with E-state index in [4.69, 9.17) is 10.5 Å². The summed E-state index contributed by atoms with van der Waals surface area (Å²) in [5.74, 6) is -6.40. The van der Waals surface area contributed by atoms with E-state index in [0.29, 0.717) is 17.7 Å². The number of ketones is 3. The van der Waals surface area contributed by atoms with Gasteiger partial charge in [0.1, 0.15) is 23.6 Å². The van der Waals surface area contributed by atoms with Crippen molar-refractivity contribution in [1.82, 2.24) is 0 Å². The minimum absolute atomic E-state index is 0.0453. The van der Waals surface area contributed by atoms with Gasteiger partial charge in [0.05, 0.1) is 55.3 Å². The van der Waals surface area contributed by atoms with Crippen molar-refractivity contribution in [2.45, 2.75) is 153 Å². The predicted molar refractivity (Wildman–Crippen MR) is 261 cm³/mol. The number of anilines is 1. The molecular formula is C53H75NO15. The van der Waals surface area contributed by atoms with Gasteiger partial charge in [-0.15, -0.1) is 0 Å². The zero-order chi connectivity index (χ0) is 51.5. The molecule has 16 nitrogen and oxygen atoms in total. The molecule has 13 atom stereocenters. The summed E-state index contributed by atoms with van der Waals surface area (Å²) in [4.78, 5) is 63.3. The Morgan fingerprint density at radius 3 is 1.74 bits per heavy atom. The zero-order valence-corrected chi connectivity index (χ0v) is 39.9. The van der Waals surface area contributed by atoms with Crippen LogP contribution in [0, 0.1) is 23.7 Å². The molecule has 0 saturated carbocycles. The van der Waals surface area contributed by atoms with Crippen molar-refractivity contribution in [2.24, 2.45) is 23.7 Å². The number of Topliss-reactive ketones (excluding diaryl/α,β-unsaturated/α-hetero) is 3. The van der Waals surface area contributed by atoms with Gasteiger partial charge in [-0.3, -0.25) is 24.0 Å². The number of hydrogen-bond acceptors (Lipinski definition) is 15.